The number of hydrogen-bond acceptors (Lipinski definition) is 6. The zero-order valence-corrected chi connectivity index (χ0v) is 23.2. The van der Waals surface area contributed by atoms with Crippen LogP contribution < -0.4 is 5.32 Å². The van der Waals surface area contributed by atoms with E-state index in [2.05, 4.69) is 52.1 Å². The molecule has 1 amide bonds. The highest BCUT2D eigenvalue weighted by molar-refractivity contribution is 8.16. The Hall–Kier alpha value is -3.29. The summed E-state index contributed by atoms with van der Waals surface area (Å²) in [4.78, 5) is 24.4. The van der Waals surface area contributed by atoms with Crippen molar-refractivity contribution in [3.8, 4) is 0 Å². The van der Waals surface area contributed by atoms with Crippen LogP contribution in [0.15, 0.2) is 66.8 Å². The molecule has 1 aliphatic rings. The average molecular weight is 528 g/mol. The molecule has 198 valence electrons. The largest absolute Gasteiger partial charge is 0.348 e. The third-order valence-electron chi connectivity index (χ3n) is 7.17. The number of nitrogens with one attached hydrogen (secondary N) is 2. The number of aryl methyl sites for hydroxylation is 3. The molecule has 0 saturated heterocycles. The first-order chi connectivity index (χ1) is 18.5. The van der Waals surface area contributed by atoms with Gasteiger partial charge < -0.3 is 5.32 Å². The standard InChI is InChI=1S/C31H37N5OS/c1-4-38-28(32)15-19-36(27-12-6-10-26-11-7-16-34-30(26)27)18-14-24-8-5-9-25(20-24)21-35-31(37)29-22(2)13-17-33-23(29)3/h4-5,7-9,11,13,16-17,20,27,32H,1,6,10,12,14-15,18-19,21H2,2-3H3,(H,35,37). The van der Waals surface area contributed by atoms with Gasteiger partial charge in [0.1, 0.15) is 0 Å². The van der Waals surface area contributed by atoms with E-state index in [1.807, 2.05) is 32.2 Å². The molecule has 4 rings (SSSR count). The van der Waals surface area contributed by atoms with Crippen molar-refractivity contribution in [2.75, 3.05) is 13.1 Å². The van der Waals surface area contributed by atoms with Gasteiger partial charge in [0.25, 0.3) is 5.91 Å². The van der Waals surface area contributed by atoms with Crippen LogP contribution >= 0.6 is 11.8 Å². The number of hydrogen-bond donors (Lipinski definition) is 2. The van der Waals surface area contributed by atoms with Crippen molar-refractivity contribution in [1.29, 1.82) is 5.41 Å². The van der Waals surface area contributed by atoms with E-state index in [4.69, 9.17) is 10.4 Å². The van der Waals surface area contributed by atoms with Gasteiger partial charge in [0.2, 0.25) is 0 Å². The van der Waals surface area contributed by atoms with Crippen LogP contribution in [0.1, 0.15) is 69.3 Å². The molecule has 0 radical (unpaired) electrons. The third kappa shape index (κ3) is 7.17. The molecule has 7 heteroatoms. The highest BCUT2D eigenvalue weighted by Gasteiger charge is 2.27. The Morgan fingerprint density at radius 2 is 2.00 bits per heavy atom. The van der Waals surface area contributed by atoms with Crippen LogP contribution in [-0.4, -0.2) is 38.9 Å². The van der Waals surface area contributed by atoms with E-state index < -0.39 is 0 Å². The number of benzene rings is 1. The zero-order valence-electron chi connectivity index (χ0n) is 22.4. The Morgan fingerprint density at radius 1 is 1.16 bits per heavy atom. The summed E-state index contributed by atoms with van der Waals surface area (Å²) in [6, 6.07) is 14.8. The topological polar surface area (TPSA) is 82.0 Å². The first kappa shape index (κ1) is 27.7. The second kappa shape index (κ2) is 13.5. The van der Waals surface area contributed by atoms with Crippen molar-refractivity contribution in [2.24, 2.45) is 0 Å². The van der Waals surface area contributed by atoms with Crippen LogP contribution in [0.5, 0.6) is 0 Å². The molecule has 1 unspecified atom stereocenters. The van der Waals surface area contributed by atoms with Crippen LogP contribution in [0.4, 0.5) is 0 Å². The van der Waals surface area contributed by atoms with Crippen LogP contribution in [0.3, 0.4) is 0 Å². The van der Waals surface area contributed by atoms with Crippen LogP contribution in [-0.2, 0) is 19.4 Å². The van der Waals surface area contributed by atoms with Gasteiger partial charge in [0.15, 0.2) is 0 Å². The molecule has 1 aromatic carbocycles. The minimum atomic E-state index is -0.0898. The summed E-state index contributed by atoms with van der Waals surface area (Å²) < 4.78 is 0. The average Bonchev–Trinajstić information content (AvgIpc) is 2.92. The lowest BCUT2D eigenvalue weighted by atomic mass is 9.90. The summed E-state index contributed by atoms with van der Waals surface area (Å²) >= 11 is 1.40. The van der Waals surface area contributed by atoms with E-state index in [1.165, 1.54) is 28.6 Å². The Bertz CT molecular complexity index is 1270. The van der Waals surface area contributed by atoms with Gasteiger partial charge in [-0.2, -0.15) is 0 Å². The quantitative estimate of drug-likeness (QED) is 0.230. The van der Waals surface area contributed by atoms with Gasteiger partial charge in [-0.3, -0.25) is 25.1 Å². The SMILES string of the molecule is C=CSC(=N)CCN(CCc1cccc(CNC(=O)c2c(C)ccnc2C)c1)C1CCCc2cccnc21. The van der Waals surface area contributed by atoms with E-state index in [-0.39, 0.29) is 11.9 Å². The Balaban J connectivity index is 1.43. The van der Waals surface area contributed by atoms with Gasteiger partial charge in [0.05, 0.1) is 28.0 Å². The molecule has 0 aliphatic heterocycles. The summed E-state index contributed by atoms with van der Waals surface area (Å²) in [6.07, 6.45) is 8.56. The summed E-state index contributed by atoms with van der Waals surface area (Å²) in [6.45, 7) is 9.73. The number of carbonyl (C=O) groups excluding carboxylic acids is 1. The fourth-order valence-electron chi connectivity index (χ4n) is 5.24. The van der Waals surface area contributed by atoms with Gasteiger partial charge in [-0.25, -0.2) is 0 Å². The highest BCUT2D eigenvalue weighted by atomic mass is 32.2. The fraction of sp³-hybridized carbons (Fsp3) is 0.355. The Morgan fingerprint density at radius 3 is 2.82 bits per heavy atom. The van der Waals surface area contributed by atoms with Crippen LogP contribution in [0.25, 0.3) is 0 Å². The molecule has 0 fully saturated rings. The predicted molar refractivity (Wildman–Crippen MR) is 157 cm³/mol. The lowest BCUT2D eigenvalue weighted by Crippen LogP contribution is -2.35. The van der Waals surface area contributed by atoms with E-state index >= 15 is 0 Å². The molecule has 1 atom stereocenters. The molecule has 2 aromatic heterocycles. The number of amides is 1. The molecule has 1 aliphatic carbocycles. The first-order valence-electron chi connectivity index (χ1n) is 13.3. The zero-order chi connectivity index (χ0) is 26.9. The molecule has 0 saturated carbocycles. The van der Waals surface area contributed by atoms with Crippen molar-refractivity contribution in [1.82, 2.24) is 20.2 Å². The Labute approximate surface area is 230 Å². The molecule has 2 N–H and O–H groups in total. The maximum atomic E-state index is 12.8. The fourth-order valence-corrected chi connectivity index (χ4v) is 5.65. The summed E-state index contributed by atoms with van der Waals surface area (Å²) in [5.74, 6) is -0.0898. The molecular formula is C31H37N5OS. The number of thioether (sulfide) groups is 1. The molecule has 0 bridgehead atoms. The predicted octanol–water partition coefficient (Wildman–Crippen LogP) is 6.19. The van der Waals surface area contributed by atoms with Crippen molar-refractivity contribution in [3.63, 3.8) is 0 Å². The lowest BCUT2D eigenvalue weighted by Gasteiger charge is -2.35. The molecular weight excluding hydrogens is 490 g/mol. The van der Waals surface area contributed by atoms with E-state index in [0.717, 1.165) is 55.6 Å². The normalized spacial score (nSPS) is 14.7. The number of nitrogens with zero attached hydrogens (tertiary/aromatic N) is 3. The van der Waals surface area contributed by atoms with Gasteiger partial charge in [0, 0.05) is 38.4 Å². The summed E-state index contributed by atoms with van der Waals surface area (Å²) in [7, 11) is 0. The van der Waals surface area contributed by atoms with Gasteiger partial charge in [-0.05, 0) is 79.3 Å². The molecule has 3 aromatic rings. The highest BCUT2D eigenvalue weighted by Crippen LogP contribution is 2.33. The minimum Gasteiger partial charge on any atom is -0.348 e. The number of pyridine rings is 2. The van der Waals surface area contributed by atoms with Crippen molar-refractivity contribution in [3.05, 3.63) is 106 Å². The van der Waals surface area contributed by atoms with Crippen LogP contribution in [0.2, 0.25) is 0 Å². The van der Waals surface area contributed by atoms with E-state index in [0.29, 0.717) is 23.6 Å². The number of fused-ring (bicyclic) bond motifs is 1. The monoisotopic (exact) mass is 527 g/mol. The molecule has 38 heavy (non-hydrogen) atoms. The smallest absolute Gasteiger partial charge is 0.253 e. The summed E-state index contributed by atoms with van der Waals surface area (Å²) in [5.41, 5.74) is 7.19. The molecule has 2 heterocycles. The number of carbonyl (C=O) groups is 1. The number of aromatic nitrogens is 2. The lowest BCUT2D eigenvalue weighted by molar-refractivity contribution is 0.0949. The maximum absolute atomic E-state index is 12.8. The Kier molecular flexibility index (Phi) is 9.85. The number of rotatable bonds is 11. The van der Waals surface area contributed by atoms with Crippen LogP contribution in [0, 0.1) is 19.3 Å². The third-order valence-corrected chi connectivity index (χ3v) is 7.82. The van der Waals surface area contributed by atoms with Crippen molar-refractivity contribution in [2.45, 2.75) is 58.5 Å². The maximum Gasteiger partial charge on any atom is 0.253 e. The van der Waals surface area contributed by atoms with Gasteiger partial charge in [-0.1, -0.05) is 48.7 Å². The molecule has 0 spiro atoms. The molecule has 6 nitrogen and oxygen atoms in total. The first-order valence-corrected chi connectivity index (χ1v) is 14.1. The van der Waals surface area contributed by atoms with Gasteiger partial charge >= 0.3 is 0 Å². The van der Waals surface area contributed by atoms with Gasteiger partial charge in [-0.15, -0.1) is 0 Å². The second-order valence-electron chi connectivity index (χ2n) is 9.79. The van der Waals surface area contributed by atoms with Crippen molar-refractivity contribution < 1.29 is 4.79 Å². The van der Waals surface area contributed by atoms with E-state index in [1.54, 1.807) is 11.6 Å². The minimum absolute atomic E-state index is 0.0898. The van der Waals surface area contributed by atoms with Crippen molar-refractivity contribution >= 4 is 22.7 Å². The summed E-state index contributed by atoms with van der Waals surface area (Å²) in [5, 5.41) is 13.7. The van der Waals surface area contributed by atoms with E-state index in [9.17, 15) is 4.79 Å². The second-order valence-corrected chi connectivity index (χ2v) is 10.9.